The molecular formula is C31H34F3NO4. The van der Waals surface area contributed by atoms with Gasteiger partial charge >= 0.3 is 6.18 Å². The van der Waals surface area contributed by atoms with Gasteiger partial charge in [-0.25, -0.2) is 0 Å². The highest BCUT2D eigenvalue weighted by molar-refractivity contribution is 5.98. The number of nitrogens with zero attached hydrogens (tertiary/aromatic N) is 1. The Hall–Kier alpha value is -3.65. The van der Waals surface area contributed by atoms with E-state index in [4.69, 9.17) is 9.47 Å². The largest absolute Gasteiger partial charge is 0.508 e. The van der Waals surface area contributed by atoms with Crippen molar-refractivity contribution in [2.45, 2.75) is 44.9 Å². The summed E-state index contributed by atoms with van der Waals surface area (Å²) in [5.74, 6) is 0.313. The molecule has 1 heterocycles. The summed E-state index contributed by atoms with van der Waals surface area (Å²) in [5, 5.41) is 19.7. The lowest BCUT2D eigenvalue weighted by Gasteiger charge is -2.33. The first-order chi connectivity index (χ1) is 18.7. The summed E-state index contributed by atoms with van der Waals surface area (Å²) >= 11 is 0. The Morgan fingerprint density at radius 3 is 2.21 bits per heavy atom. The second-order valence-electron chi connectivity index (χ2n) is 9.79. The maximum absolute atomic E-state index is 14.6. The van der Waals surface area contributed by atoms with Crippen molar-refractivity contribution in [2.24, 2.45) is 0 Å². The third kappa shape index (κ3) is 7.06. The molecule has 0 fully saturated rings. The maximum atomic E-state index is 14.6. The zero-order valence-electron chi connectivity index (χ0n) is 22.2. The predicted molar refractivity (Wildman–Crippen MR) is 146 cm³/mol. The second kappa shape index (κ2) is 12.5. The summed E-state index contributed by atoms with van der Waals surface area (Å²) in [7, 11) is 2.10. The van der Waals surface area contributed by atoms with Gasteiger partial charge in [-0.05, 0) is 74.0 Å². The molecule has 1 atom stereocenters. The molecule has 3 aromatic rings. The van der Waals surface area contributed by atoms with Gasteiger partial charge in [0.25, 0.3) is 0 Å². The molecule has 0 saturated carbocycles. The monoisotopic (exact) mass is 541 g/mol. The zero-order chi connectivity index (χ0) is 28.0. The third-order valence-electron chi connectivity index (χ3n) is 6.75. The number of ether oxygens (including phenoxy) is 2. The van der Waals surface area contributed by atoms with Crippen LogP contribution in [0.25, 0.3) is 11.1 Å². The number of unbranched alkanes of at least 4 members (excludes halogenated alkanes) is 2. The fourth-order valence-electron chi connectivity index (χ4n) is 4.76. The van der Waals surface area contributed by atoms with E-state index in [0.29, 0.717) is 17.9 Å². The lowest BCUT2D eigenvalue weighted by Crippen LogP contribution is -2.23. The molecule has 8 heteroatoms. The molecule has 0 spiro atoms. The highest BCUT2D eigenvalue weighted by atomic mass is 19.4. The minimum absolute atomic E-state index is 0.0554. The average Bonchev–Trinajstić information content (AvgIpc) is 2.90. The number of hydrogen-bond donors (Lipinski definition) is 2. The van der Waals surface area contributed by atoms with Gasteiger partial charge in [-0.3, -0.25) is 0 Å². The number of phenols is 2. The van der Waals surface area contributed by atoms with E-state index in [0.717, 1.165) is 19.5 Å². The van der Waals surface area contributed by atoms with E-state index in [1.165, 1.54) is 61.7 Å². The van der Waals surface area contributed by atoms with Crippen LogP contribution in [0.4, 0.5) is 13.2 Å². The van der Waals surface area contributed by atoms with Crippen molar-refractivity contribution in [1.29, 1.82) is 0 Å². The first-order valence-corrected chi connectivity index (χ1v) is 13.2. The number of fused-ring (bicyclic) bond motifs is 1. The smallest absolute Gasteiger partial charge is 0.417 e. The number of allylic oxidation sites excluding steroid dienone is 1. The Morgan fingerprint density at radius 1 is 0.872 bits per heavy atom. The van der Waals surface area contributed by atoms with Crippen LogP contribution in [0.3, 0.4) is 0 Å². The van der Waals surface area contributed by atoms with Gasteiger partial charge in [0.05, 0.1) is 12.2 Å². The average molecular weight is 542 g/mol. The molecule has 0 amide bonds. The minimum atomic E-state index is -4.70. The summed E-state index contributed by atoms with van der Waals surface area (Å²) in [6.07, 6.45) is -1.35. The van der Waals surface area contributed by atoms with E-state index >= 15 is 0 Å². The molecule has 1 aliphatic rings. The quantitative estimate of drug-likeness (QED) is 0.245. The van der Waals surface area contributed by atoms with E-state index in [1.807, 2.05) is 0 Å². The fourth-order valence-corrected chi connectivity index (χ4v) is 4.76. The summed E-state index contributed by atoms with van der Waals surface area (Å²) < 4.78 is 55.6. The highest BCUT2D eigenvalue weighted by Gasteiger charge is 2.44. The predicted octanol–water partition coefficient (Wildman–Crippen LogP) is 7.60. The Bertz CT molecular complexity index is 1270. The molecule has 208 valence electrons. The number of rotatable bonds is 11. The molecule has 2 N–H and O–H groups in total. The van der Waals surface area contributed by atoms with E-state index in [-0.39, 0.29) is 33.9 Å². The van der Waals surface area contributed by atoms with E-state index < -0.39 is 17.9 Å². The van der Waals surface area contributed by atoms with Crippen LogP contribution in [0.2, 0.25) is 0 Å². The van der Waals surface area contributed by atoms with E-state index in [1.54, 1.807) is 24.3 Å². The van der Waals surface area contributed by atoms with Crippen LogP contribution in [0.1, 0.15) is 55.4 Å². The van der Waals surface area contributed by atoms with Gasteiger partial charge in [-0.2, -0.15) is 13.2 Å². The zero-order valence-corrected chi connectivity index (χ0v) is 22.2. The van der Waals surface area contributed by atoms with Gasteiger partial charge in [-0.1, -0.05) is 44.0 Å². The molecule has 0 aromatic heterocycles. The number of phenolic OH excluding ortho intramolecular Hbond substituents is 2. The van der Waals surface area contributed by atoms with Crippen molar-refractivity contribution >= 4 is 11.1 Å². The Morgan fingerprint density at radius 2 is 1.54 bits per heavy atom. The van der Waals surface area contributed by atoms with Crippen molar-refractivity contribution in [3.63, 3.8) is 0 Å². The fraction of sp³-hybridized carbons (Fsp3) is 0.355. The summed E-state index contributed by atoms with van der Waals surface area (Å²) in [6.45, 7) is 4.69. The number of hydrogen-bond acceptors (Lipinski definition) is 5. The van der Waals surface area contributed by atoms with Crippen molar-refractivity contribution < 1.29 is 32.9 Å². The lowest BCUT2D eigenvalue weighted by atomic mass is 9.85. The normalized spacial score (nSPS) is 15.3. The molecule has 5 nitrogen and oxygen atoms in total. The van der Waals surface area contributed by atoms with Gasteiger partial charge in [0, 0.05) is 23.7 Å². The summed E-state index contributed by atoms with van der Waals surface area (Å²) in [6, 6.07) is 16.0. The maximum Gasteiger partial charge on any atom is 0.417 e. The van der Waals surface area contributed by atoms with Gasteiger partial charge in [0.15, 0.2) is 6.10 Å². The van der Waals surface area contributed by atoms with Crippen LogP contribution in [0.15, 0.2) is 66.7 Å². The number of alkyl halides is 3. The van der Waals surface area contributed by atoms with Crippen LogP contribution < -0.4 is 9.47 Å². The van der Waals surface area contributed by atoms with Crippen LogP contribution in [0, 0.1) is 0 Å². The topological polar surface area (TPSA) is 62.2 Å². The molecular weight excluding hydrogens is 507 g/mol. The SMILES string of the molecule is CCCCCN(C)CCCOc1ccc(C2Oc3cc(O)ccc3C(C(F)(F)F)=C2c2ccc(O)cc2)cc1. The Kier molecular flexibility index (Phi) is 9.07. The second-order valence-corrected chi connectivity index (χ2v) is 9.79. The van der Waals surface area contributed by atoms with Crippen LogP contribution in [0.5, 0.6) is 23.0 Å². The first kappa shape index (κ1) is 28.4. The number of benzene rings is 3. The molecule has 0 radical (unpaired) electrons. The molecule has 3 aromatic carbocycles. The minimum Gasteiger partial charge on any atom is -0.508 e. The van der Waals surface area contributed by atoms with Gasteiger partial charge in [0.1, 0.15) is 23.0 Å². The van der Waals surface area contributed by atoms with Crippen molar-refractivity contribution in [3.05, 3.63) is 83.4 Å². The molecule has 0 saturated heterocycles. The van der Waals surface area contributed by atoms with Crippen molar-refractivity contribution in [3.8, 4) is 23.0 Å². The molecule has 0 aliphatic carbocycles. The van der Waals surface area contributed by atoms with Crippen LogP contribution in [-0.2, 0) is 0 Å². The standard InChI is InChI=1S/C31H34F3NO4/c1-3-4-5-17-35(2)18-6-19-38-25-14-9-22(10-15-25)30-28(21-7-11-23(36)12-8-21)29(31(32,33)34)26-16-13-24(37)20-27(26)39-30/h7-16,20,30,36-37H,3-6,17-19H2,1-2H3. The molecule has 0 bridgehead atoms. The first-order valence-electron chi connectivity index (χ1n) is 13.2. The molecule has 39 heavy (non-hydrogen) atoms. The van der Waals surface area contributed by atoms with Crippen LogP contribution >= 0.6 is 0 Å². The number of aromatic hydroxyl groups is 2. The summed E-state index contributed by atoms with van der Waals surface area (Å²) in [5.41, 5.74) is -0.299. The van der Waals surface area contributed by atoms with Gasteiger partial charge < -0.3 is 24.6 Å². The molecule has 1 aliphatic heterocycles. The summed E-state index contributed by atoms with van der Waals surface area (Å²) in [4.78, 5) is 2.29. The molecule has 4 rings (SSSR count). The van der Waals surface area contributed by atoms with Gasteiger partial charge in [0.2, 0.25) is 0 Å². The van der Waals surface area contributed by atoms with E-state index in [9.17, 15) is 23.4 Å². The highest BCUT2D eigenvalue weighted by Crippen LogP contribution is 2.53. The lowest BCUT2D eigenvalue weighted by molar-refractivity contribution is -0.0695. The van der Waals surface area contributed by atoms with Crippen molar-refractivity contribution in [2.75, 3.05) is 26.7 Å². The third-order valence-corrected chi connectivity index (χ3v) is 6.75. The van der Waals surface area contributed by atoms with Gasteiger partial charge in [-0.15, -0.1) is 0 Å². The number of halogens is 3. The van der Waals surface area contributed by atoms with Crippen molar-refractivity contribution in [1.82, 2.24) is 4.90 Å². The Labute approximate surface area is 227 Å². The van der Waals surface area contributed by atoms with E-state index in [2.05, 4.69) is 18.9 Å². The van der Waals surface area contributed by atoms with Crippen LogP contribution in [-0.4, -0.2) is 48.0 Å². The molecule has 1 unspecified atom stereocenters. The Balaban J connectivity index is 1.59.